The van der Waals surface area contributed by atoms with Crippen LogP contribution in [-0.2, 0) is 7.05 Å². The van der Waals surface area contributed by atoms with Crippen LogP contribution in [0.4, 0.5) is 5.69 Å². The molecule has 1 fully saturated rings. The van der Waals surface area contributed by atoms with Gasteiger partial charge in [0.2, 0.25) is 0 Å². The Kier molecular flexibility index (Phi) is 7.51. The number of benzene rings is 3. The molecular formula is C30H36N4O3. The van der Waals surface area contributed by atoms with Crippen LogP contribution in [-0.4, -0.2) is 47.3 Å². The van der Waals surface area contributed by atoms with Gasteiger partial charge in [-0.1, -0.05) is 13.3 Å². The second-order valence-corrected chi connectivity index (χ2v) is 9.69. The number of ether oxygens (including phenoxy) is 3. The Labute approximate surface area is 218 Å². The molecule has 3 aromatic carbocycles. The molecule has 7 nitrogen and oxygen atoms in total. The highest BCUT2D eigenvalue weighted by molar-refractivity contribution is 5.82. The summed E-state index contributed by atoms with van der Waals surface area (Å²) in [5, 5.41) is 0. The van der Waals surface area contributed by atoms with E-state index in [0.717, 1.165) is 54.1 Å². The lowest BCUT2D eigenvalue weighted by molar-refractivity contribution is 0.0998. The maximum absolute atomic E-state index is 6.30. The van der Waals surface area contributed by atoms with Crippen molar-refractivity contribution in [2.24, 2.45) is 7.05 Å². The number of likely N-dealkylation sites (tertiary alicyclic amines) is 1. The van der Waals surface area contributed by atoms with Gasteiger partial charge in [-0.05, 0) is 74.3 Å². The van der Waals surface area contributed by atoms with E-state index in [1.165, 1.54) is 19.4 Å². The van der Waals surface area contributed by atoms with E-state index in [9.17, 15) is 0 Å². The fourth-order valence-electron chi connectivity index (χ4n) is 4.90. The molecule has 0 spiro atoms. The monoisotopic (exact) mass is 500 g/mol. The number of unbranched alkanes of at least 4 members (excludes halogenated alkanes) is 1. The minimum absolute atomic E-state index is 0.289. The first-order valence-electron chi connectivity index (χ1n) is 13.1. The van der Waals surface area contributed by atoms with Crippen LogP contribution in [0, 0.1) is 0 Å². The summed E-state index contributed by atoms with van der Waals surface area (Å²) in [5.74, 6) is 3.70. The van der Waals surface area contributed by atoms with E-state index < -0.39 is 0 Å². The van der Waals surface area contributed by atoms with Crippen molar-refractivity contribution in [3.63, 3.8) is 0 Å². The number of rotatable bonds is 9. The Bertz CT molecular complexity index is 1340. The quantitative estimate of drug-likeness (QED) is 0.273. The third kappa shape index (κ3) is 5.67. The average Bonchev–Trinajstić information content (AvgIpc) is 3.25. The molecule has 0 bridgehead atoms. The van der Waals surface area contributed by atoms with Gasteiger partial charge in [0.1, 0.15) is 23.4 Å². The lowest BCUT2D eigenvalue weighted by Gasteiger charge is -2.32. The standard InChI is InChI=1S/C30H36N4O3/c1-4-5-16-34-17-14-24(15-18-34)36-23-9-6-21(7-10-23)30-32-26-20-25(11-12-27(26)33(30)2)37-28-13-8-22(31)19-29(28)35-3/h6-13,19-20,24H,4-5,14-18,31H2,1-3H3. The van der Waals surface area contributed by atoms with Crippen molar-refractivity contribution < 1.29 is 14.2 Å². The predicted molar refractivity (Wildman–Crippen MR) is 149 cm³/mol. The lowest BCUT2D eigenvalue weighted by atomic mass is 10.1. The lowest BCUT2D eigenvalue weighted by Crippen LogP contribution is -2.38. The van der Waals surface area contributed by atoms with Gasteiger partial charge in [-0.3, -0.25) is 0 Å². The van der Waals surface area contributed by atoms with Crippen LogP contribution >= 0.6 is 0 Å². The molecule has 1 aliphatic heterocycles. The first-order valence-corrected chi connectivity index (χ1v) is 13.1. The Morgan fingerprint density at radius 2 is 1.70 bits per heavy atom. The Balaban J connectivity index is 1.28. The summed E-state index contributed by atoms with van der Waals surface area (Å²) in [5.41, 5.74) is 9.42. The van der Waals surface area contributed by atoms with Crippen molar-refractivity contribution in [1.82, 2.24) is 14.5 Å². The number of aromatic nitrogens is 2. The van der Waals surface area contributed by atoms with E-state index in [1.807, 2.05) is 31.3 Å². The molecule has 37 heavy (non-hydrogen) atoms. The van der Waals surface area contributed by atoms with Crippen molar-refractivity contribution in [2.45, 2.75) is 38.7 Å². The molecule has 2 heterocycles. The van der Waals surface area contributed by atoms with Crippen LogP contribution in [0.25, 0.3) is 22.4 Å². The predicted octanol–water partition coefficient (Wildman–Crippen LogP) is 6.27. The number of aryl methyl sites for hydroxylation is 1. The molecule has 2 N–H and O–H groups in total. The maximum atomic E-state index is 6.30. The molecule has 5 rings (SSSR count). The number of nitrogens with two attached hydrogens (primary N) is 1. The van der Waals surface area contributed by atoms with Crippen LogP contribution in [0.3, 0.4) is 0 Å². The molecule has 0 unspecified atom stereocenters. The van der Waals surface area contributed by atoms with Crippen LogP contribution in [0.5, 0.6) is 23.0 Å². The summed E-state index contributed by atoms with van der Waals surface area (Å²) in [6.45, 7) is 5.71. The zero-order valence-electron chi connectivity index (χ0n) is 21.9. The average molecular weight is 501 g/mol. The summed E-state index contributed by atoms with van der Waals surface area (Å²) >= 11 is 0. The van der Waals surface area contributed by atoms with Gasteiger partial charge in [0.25, 0.3) is 0 Å². The molecule has 0 saturated carbocycles. The molecular weight excluding hydrogens is 464 g/mol. The Morgan fingerprint density at radius 3 is 2.43 bits per heavy atom. The summed E-state index contributed by atoms with van der Waals surface area (Å²) in [7, 11) is 3.63. The molecule has 4 aromatic rings. The van der Waals surface area contributed by atoms with Crippen molar-refractivity contribution in [3.05, 3.63) is 60.7 Å². The fraction of sp³-hybridized carbons (Fsp3) is 0.367. The highest BCUT2D eigenvalue weighted by Crippen LogP contribution is 2.35. The van der Waals surface area contributed by atoms with E-state index in [-0.39, 0.29) is 6.10 Å². The molecule has 0 amide bonds. The van der Waals surface area contributed by atoms with Crippen molar-refractivity contribution in [3.8, 4) is 34.4 Å². The summed E-state index contributed by atoms with van der Waals surface area (Å²) in [6.07, 6.45) is 4.99. The van der Waals surface area contributed by atoms with Crippen LogP contribution in [0.1, 0.15) is 32.6 Å². The van der Waals surface area contributed by atoms with Crippen molar-refractivity contribution in [1.29, 1.82) is 0 Å². The van der Waals surface area contributed by atoms with Gasteiger partial charge in [-0.2, -0.15) is 0 Å². The first kappa shape index (κ1) is 25.0. The number of nitrogens with zero attached hydrogens (tertiary/aromatic N) is 3. The van der Waals surface area contributed by atoms with Gasteiger partial charge >= 0.3 is 0 Å². The van der Waals surface area contributed by atoms with Gasteiger partial charge in [0.05, 0.1) is 18.1 Å². The topological polar surface area (TPSA) is 74.8 Å². The van der Waals surface area contributed by atoms with E-state index in [1.54, 1.807) is 19.2 Å². The summed E-state index contributed by atoms with van der Waals surface area (Å²) in [6, 6.07) is 19.5. The molecule has 194 valence electrons. The van der Waals surface area contributed by atoms with Crippen LogP contribution in [0.2, 0.25) is 0 Å². The minimum atomic E-state index is 0.289. The first-order chi connectivity index (χ1) is 18.0. The second-order valence-electron chi connectivity index (χ2n) is 9.69. The van der Waals surface area contributed by atoms with E-state index in [0.29, 0.717) is 22.9 Å². The maximum Gasteiger partial charge on any atom is 0.169 e. The van der Waals surface area contributed by atoms with E-state index in [4.69, 9.17) is 24.9 Å². The summed E-state index contributed by atoms with van der Waals surface area (Å²) in [4.78, 5) is 7.46. The van der Waals surface area contributed by atoms with Gasteiger partial charge in [-0.15, -0.1) is 0 Å². The van der Waals surface area contributed by atoms with Crippen molar-refractivity contribution >= 4 is 16.7 Å². The second kappa shape index (κ2) is 11.1. The number of piperidine rings is 1. The molecule has 0 atom stereocenters. The third-order valence-corrected chi connectivity index (χ3v) is 7.05. The van der Waals surface area contributed by atoms with E-state index in [2.05, 4.69) is 40.7 Å². The number of hydrogen-bond donors (Lipinski definition) is 1. The van der Waals surface area contributed by atoms with Crippen LogP contribution < -0.4 is 19.9 Å². The van der Waals surface area contributed by atoms with Crippen molar-refractivity contribution in [2.75, 3.05) is 32.5 Å². The SMILES string of the molecule is CCCCN1CCC(Oc2ccc(-c3nc4cc(Oc5ccc(N)cc5OC)ccc4n3C)cc2)CC1. The number of imidazole rings is 1. The highest BCUT2D eigenvalue weighted by Gasteiger charge is 2.20. The fourth-order valence-corrected chi connectivity index (χ4v) is 4.90. The Hall–Kier alpha value is -3.71. The largest absolute Gasteiger partial charge is 0.493 e. The van der Waals surface area contributed by atoms with Crippen LogP contribution in [0.15, 0.2) is 60.7 Å². The zero-order valence-corrected chi connectivity index (χ0v) is 21.9. The Morgan fingerprint density at radius 1 is 0.946 bits per heavy atom. The van der Waals surface area contributed by atoms with E-state index >= 15 is 0 Å². The van der Waals surface area contributed by atoms with Gasteiger partial charge in [-0.25, -0.2) is 4.98 Å². The molecule has 1 aliphatic rings. The van der Waals surface area contributed by atoms with Gasteiger partial charge < -0.3 is 29.4 Å². The number of anilines is 1. The molecule has 0 aliphatic carbocycles. The smallest absolute Gasteiger partial charge is 0.169 e. The molecule has 7 heteroatoms. The van der Waals surface area contributed by atoms with Gasteiger partial charge in [0, 0.05) is 43.5 Å². The molecule has 0 radical (unpaired) electrons. The number of methoxy groups -OCH3 is 1. The molecule has 1 saturated heterocycles. The van der Waals surface area contributed by atoms with Gasteiger partial charge in [0.15, 0.2) is 11.5 Å². The highest BCUT2D eigenvalue weighted by atomic mass is 16.5. The third-order valence-electron chi connectivity index (χ3n) is 7.05. The number of fused-ring (bicyclic) bond motifs is 1. The normalized spacial score (nSPS) is 14.7. The number of nitrogen functional groups attached to an aromatic ring is 1. The minimum Gasteiger partial charge on any atom is -0.493 e. The molecule has 1 aromatic heterocycles. The zero-order chi connectivity index (χ0) is 25.8. The number of hydrogen-bond acceptors (Lipinski definition) is 6. The summed E-state index contributed by atoms with van der Waals surface area (Å²) < 4.78 is 19.9.